The Morgan fingerprint density at radius 2 is 1.27 bits per heavy atom. The molecule has 86 valence electrons. The van der Waals surface area contributed by atoms with Crippen LogP contribution in [0.3, 0.4) is 0 Å². The number of rotatable bonds is 2. The van der Waals surface area contributed by atoms with Crippen LogP contribution in [0.5, 0.6) is 0 Å². The standard InChI is InChI=1S/C4H6N4O2.C4H10O/c9-3-5-1-2(7-3)8-4(10)6-1;1-3-5-4-2/h1-2H,(H2,5,7,9)(H2,6,8,10);3-4H2,1-2H3. The molecule has 2 aliphatic rings. The first kappa shape index (κ1) is 11.6. The number of hydrogen-bond donors (Lipinski definition) is 4. The van der Waals surface area contributed by atoms with Crippen LogP contribution in [0.2, 0.25) is 0 Å². The summed E-state index contributed by atoms with van der Waals surface area (Å²) in [5.74, 6) is 0. The predicted octanol–water partition coefficient (Wildman–Crippen LogP) is -0.693. The monoisotopic (exact) mass is 216 g/mol. The van der Waals surface area contributed by atoms with Gasteiger partial charge in [0.15, 0.2) is 0 Å². The molecular weight excluding hydrogens is 200 g/mol. The summed E-state index contributed by atoms with van der Waals surface area (Å²) in [5.41, 5.74) is 0. The molecule has 0 atom stereocenters. The summed E-state index contributed by atoms with van der Waals surface area (Å²) in [7, 11) is 0. The molecule has 2 aliphatic heterocycles. The lowest BCUT2D eigenvalue weighted by Crippen LogP contribution is -2.39. The van der Waals surface area contributed by atoms with E-state index in [1.807, 2.05) is 13.8 Å². The molecule has 7 nitrogen and oxygen atoms in total. The van der Waals surface area contributed by atoms with Crippen molar-refractivity contribution in [2.75, 3.05) is 13.2 Å². The average molecular weight is 216 g/mol. The van der Waals surface area contributed by atoms with Gasteiger partial charge in [0.2, 0.25) is 0 Å². The Morgan fingerprint density at radius 1 is 0.933 bits per heavy atom. The highest BCUT2D eigenvalue weighted by Gasteiger charge is 2.38. The Kier molecular flexibility index (Phi) is 4.17. The van der Waals surface area contributed by atoms with Crippen molar-refractivity contribution in [3.05, 3.63) is 0 Å². The van der Waals surface area contributed by atoms with E-state index in [2.05, 4.69) is 21.3 Å². The van der Waals surface area contributed by atoms with Crippen molar-refractivity contribution in [1.82, 2.24) is 21.3 Å². The molecule has 0 radical (unpaired) electrons. The van der Waals surface area contributed by atoms with Gasteiger partial charge in [-0.3, -0.25) is 0 Å². The van der Waals surface area contributed by atoms with Crippen LogP contribution in [-0.2, 0) is 4.74 Å². The molecule has 15 heavy (non-hydrogen) atoms. The van der Waals surface area contributed by atoms with E-state index in [-0.39, 0.29) is 24.4 Å². The van der Waals surface area contributed by atoms with Crippen molar-refractivity contribution < 1.29 is 14.3 Å². The van der Waals surface area contributed by atoms with Crippen LogP contribution in [0.25, 0.3) is 0 Å². The topological polar surface area (TPSA) is 91.5 Å². The van der Waals surface area contributed by atoms with Gasteiger partial charge in [-0.2, -0.15) is 0 Å². The van der Waals surface area contributed by atoms with Gasteiger partial charge in [0.25, 0.3) is 0 Å². The molecular formula is C8H16N4O3. The second kappa shape index (κ2) is 5.40. The number of hydrogen-bond acceptors (Lipinski definition) is 3. The fourth-order valence-electron chi connectivity index (χ4n) is 1.26. The first-order valence-electron chi connectivity index (χ1n) is 4.89. The Hall–Kier alpha value is -1.50. The molecule has 2 saturated heterocycles. The Morgan fingerprint density at radius 3 is 1.47 bits per heavy atom. The van der Waals surface area contributed by atoms with E-state index >= 15 is 0 Å². The van der Waals surface area contributed by atoms with Crippen LogP contribution in [0.15, 0.2) is 0 Å². The third-order valence-electron chi connectivity index (χ3n) is 1.89. The lowest BCUT2D eigenvalue weighted by Gasteiger charge is -2.02. The van der Waals surface area contributed by atoms with Crippen LogP contribution < -0.4 is 21.3 Å². The third kappa shape index (κ3) is 3.28. The first-order chi connectivity index (χ1) is 7.17. The van der Waals surface area contributed by atoms with Gasteiger partial charge in [0, 0.05) is 13.2 Å². The minimum atomic E-state index is -0.292. The number of carbonyl (C=O) groups excluding carboxylic acids is 2. The summed E-state index contributed by atoms with van der Waals surface area (Å²) < 4.78 is 4.83. The van der Waals surface area contributed by atoms with E-state index < -0.39 is 0 Å². The van der Waals surface area contributed by atoms with Gasteiger partial charge in [0.1, 0.15) is 12.3 Å². The van der Waals surface area contributed by atoms with E-state index in [1.165, 1.54) is 0 Å². The van der Waals surface area contributed by atoms with Gasteiger partial charge < -0.3 is 26.0 Å². The first-order valence-corrected chi connectivity index (χ1v) is 4.89. The fraction of sp³-hybridized carbons (Fsp3) is 0.750. The molecule has 4 amide bonds. The van der Waals surface area contributed by atoms with Gasteiger partial charge >= 0.3 is 12.1 Å². The number of amides is 4. The lowest BCUT2D eigenvalue weighted by atomic mass is 10.4. The second-order valence-corrected chi connectivity index (χ2v) is 2.97. The summed E-state index contributed by atoms with van der Waals surface area (Å²) in [6, 6.07) is -0.523. The van der Waals surface area contributed by atoms with Crippen LogP contribution in [0, 0.1) is 0 Å². The van der Waals surface area contributed by atoms with Gasteiger partial charge in [-0.1, -0.05) is 0 Å². The smallest absolute Gasteiger partial charge is 0.318 e. The van der Waals surface area contributed by atoms with Crippen LogP contribution in [-0.4, -0.2) is 37.6 Å². The second-order valence-electron chi connectivity index (χ2n) is 2.97. The molecule has 0 aromatic heterocycles. The number of urea groups is 2. The largest absolute Gasteiger partial charge is 0.382 e. The molecule has 2 heterocycles. The highest BCUT2D eigenvalue weighted by Crippen LogP contribution is 2.00. The summed E-state index contributed by atoms with van der Waals surface area (Å²) in [5, 5.41) is 10.0. The molecule has 4 N–H and O–H groups in total. The zero-order chi connectivity index (χ0) is 11.3. The maximum Gasteiger partial charge on any atom is 0.318 e. The quantitative estimate of drug-likeness (QED) is 0.492. The third-order valence-corrected chi connectivity index (χ3v) is 1.89. The molecule has 0 unspecified atom stereocenters. The van der Waals surface area contributed by atoms with Crippen LogP contribution in [0.4, 0.5) is 9.59 Å². The van der Waals surface area contributed by atoms with Crippen molar-refractivity contribution in [3.8, 4) is 0 Å². The SMILES string of the molecule is CCOCC.O=C1NC2NC(=O)NC2N1. The van der Waals surface area contributed by atoms with Crippen molar-refractivity contribution in [2.45, 2.75) is 26.2 Å². The molecule has 0 aliphatic carbocycles. The summed E-state index contributed by atoms with van der Waals surface area (Å²) in [6.45, 7) is 5.67. The number of fused-ring (bicyclic) bond motifs is 1. The van der Waals surface area contributed by atoms with Crippen molar-refractivity contribution in [2.24, 2.45) is 0 Å². The maximum absolute atomic E-state index is 10.5. The fourth-order valence-corrected chi connectivity index (χ4v) is 1.26. The van der Waals surface area contributed by atoms with Crippen molar-refractivity contribution >= 4 is 12.1 Å². The van der Waals surface area contributed by atoms with Gasteiger partial charge in [-0.25, -0.2) is 9.59 Å². The minimum Gasteiger partial charge on any atom is -0.382 e. The van der Waals surface area contributed by atoms with Gasteiger partial charge in [-0.15, -0.1) is 0 Å². The van der Waals surface area contributed by atoms with E-state index in [4.69, 9.17) is 4.74 Å². The maximum atomic E-state index is 10.5. The van der Waals surface area contributed by atoms with Crippen LogP contribution >= 0.6 is 0 Å². The molecule has 2 fully saturated rings. The van der Waals surface area contributed by atoms with Crippen molar-refractivity contribution in [1.29, 1.82) is 0 Å². The predicted molar refractivity (Wildman–Crippen MR) is 53.1 cm³/mol. The normalized spacial score (nSPS) is 26.5. The van der Waals surface area contributed by atoms with E-state index in [0.717, 1.165) is 13.2 Å². The molecule has 0 aromatic carbocycles. The summed E-state index contributed by atoms with van der Waals surface area (Å²) in [6.07, 6.45) is -0.583. The molecule has 2 rings (SSSR count). The number of ether oxygens (including phenoxy) is 1. The van der Waals surface area contributed by atoms with Crippen molar-refractivity contribution in [3.63, 3.8) is 0 Å². The average Bonchev–Trinajstić information content (AvgIpc) is 2.62. The van der Waals surface area contributed by atoms with Crippen LogP contribution in [0.1, 0.15) is 13.8 Å². The Labute approximate surface area is 87.9 Å². The number of carbonyl (C=O) groups is 2. The van der Waals surface area contributed by atoms with E-state index in [9.17, 15) is 9.59 Å². The molecule has 0 saturated carbocycles. The van der Waals surface area contributed by atoms with Gasteiger partial charge in [-0.05, 0) is 13.8 Å². The van der Waals surface area contributed by atoms with E-state index in [0.29, 0.717) is 0 Å². The highest BCUT2D eigenvalue weighted by atomic mass is 16.5. The minimum absolute atomic E-state index is 0.262. The lowest BCUT2D eigenvalue weighted by molar-refractivity contribution is 0.162. The number of nitrogens with one attached hydrogen (secondary N) is 4. The summed E-state index contributed by atoms with van der Waals surface area (Å²) in [4.78, 5) is 21.1. The molecule has 0 bridgehead atoms. The molecule has 0 spiro atoms. The zero-order valence-corrected chi connectivity index (χ0v) is 8.79. The Bertz CT molecular complexity index is 206. The molecule has 0 aromatic rings. The highest BCUT2D eigenvalue weighted by molar-refractivity contribution is 5.84. The summed E-state index contributed by atoms with van der Waals surface area (Å²) >= 11 is 0. The zero-order valence-electron chi connectivity index (χ0n) is 8.79. The van der Waals surface area contributed by atoms with E-state index in [1.54, 1.807) is 0 Å². The molecule has 7 heteroatoms. The van der Waals surface area contributed by atoms with Gasteiger partial charge in [0.05, 0.1) is 0 Å². The Balaban J connectivity index is 0.000000195.